The van der Waals surface area contributed by atoms with Crippen molar-refractivity contribution < 1.29 is 18.3 Å². The van der Waals surface area contributed by atoms with Crippen molar-refractivity contribution in [3.05, 3.63) is 39.9 Å². The lowest BCUT2D eigenvalue weighted by Gasteiger charge is -2.05. The van der Waals surface area contributed by atoms with Crippen molar-refractivity contribution in [2.75, 3.05) is 0 Å². The number of aromatic nitrogens is 4. The van der Waals surface area contributed by atoms with Gasteiger partial charge in [0.1, 0.15) is 15.0 Å². The first-order valence-corrected chi connectivity index (χ1v) is 7.39. The Morgan fingerprint density at radius 3 is 2.59 bits per heavy atom. The van der Waals surface area contributed by atoms with Gasteiger partial charge in [-0.2, -0.15) is 23.4 Å². The summed E-state index contributed by atoms with van der Waals surface area (Å²) < 4.78 is 41.0. The number of fused-ring (bicyclic) bond motifs is 1. The zero-order chi connectivity index (χ0) is 15.9. The smallest absolute Gasteiger partial charge is 0.435 e. The summed E-state index contributed by atoms with van der Waals surface area (Å²) in [6.07, 6.45) is -3.17. The lowest BCUT2D eigenvalue weighted by molar-refractivity contribution is -0.141. The maximum atomic E-state index is 12.5. The van der Waals surface area contributed by atoms with Gasteiger partial charge < -0.3 is 5.11 Å². The van der Waals surface area contributed by atoms with Crippen LogP contribution in [0.1, 0.15) is 5.69 Å². The number of aromatic hydroxyl groups is 1. The number of rotatable bonds is 3. The van der Waals surface area contributed by atoms with Crippen molar-refractivity contribution in [2.45, 2.75) is 19.3 Å². The number of nitrogens with zero attached hydrogens (tertiary/aromatic N) is 4. The number of alkyl halides is 3. The summed E-state index contributed by atoms with van der Waals surface area (Å²) in [6.45, 7) is 0.521. The zero-order valence-corrected chi connectivity index (χ0v) is 13.2. The first-order chi connectivity index (χ1) is 10.4. The van der Waals surface area contributed by atoms with Crippen molar-refractivity contribution >= 4 is 33.5 Å². The van der Waals surface area contributed by atoms with Crippen molar-refractivity contribution in [3.63, 3.8) is 0 Å². The highest BCUT2D eigenvalue weighted by Gasteiger charge is 2.33. The third-order valence-corrected chi connectivity index (χ3v) is 3.97. The van der Waals surface area contributed by atoms with E-state index in [0.29, 0.717) is 12.1 Å². The second-order valence-corrected chi connectivity index (χ2v) is 5.67. The Bertz CT molecular complexity index is 824. The van der Waals surface area contributed by atoms with E-state index in [-0.39, 0.29) is 12.3 Å². The standard InChI is InChI=1S/C13H10F3IN4O/c14-13(15,16)10-4-5-20(18-10)6-7-21-11-8(12(17)19-21)2-1-3-9(11)22/h1-5,22H,6-7H2. The minimum Gasteiger partial charge on any atom is -0.506 e. The predicted octanol–water partition coefficient (Wildman–Crippen LogP) is 3.26. The lowest BCUT2D eigenvalue weighted by Crippen LogP contribution is -2.11. The van der Waals surface area contributed by atoms with Gasteiger partial charge in [-0.25, -0.2) is 0 Å². The fraction of sp³-hybridized carbons (Fsp3) is 0.231. The first kappa shape index (κ1) is 15.1. The Kier molecular flexibility index (Phi) is 3.75. The van der Waals surface area contributed by atoms with E-state index in [2.05, 4.69) is 32.8 Å². The Balaban J connectivity index is 1.84. The summed E-state index contributed by atoms with van der Waals surface area (Å²) >= 11 is 2.05. The Morgan fingerprint density at radius 1 is 1.14 bits per heavy atom. The van der Waals surface area contributed by atoms with Crippen LogP contribution in [0.15, 0.2) is 30.5 Å². The molecule has 0 amide bonds. The van der Waals surface area contributed by atoms with E-state index < -0.39 is 11.9 Å². The van der Waals surface area contributed by atoms with Gasteiger partial charge in [-0.3, -0.25) is 9.36 Å². The van der Waals surface area contributed by atoms with Crippen LogP contribution < -0.4 is 0 Å². The zero-order valence-electron chi connectivity index (χ0n) is 11.0. The number of halogens is 4. The molecular weight excluding hydrogens is 412 g/mol. The normalized spacial score (nSPS) is 12.2. The molecule has 0 spiro atoms. The van der Waals surface area contributed by atoms with Crippen LogP contribution in [0.5, 0.6) is 5.75 Å². The first-order valence-electron chi connectivity index (χ1n) is 6.31. The molecule has 2 heterocycles. The highest BCUT2D eigenvalue weighted by molar-refractivity contribution is 14.1. The van der Waals surface area contributed by atoms with E-state index in [9.17, 15) is 18.3 Å². The fourth-order valence-electron chi connectivity index (χ4n) is 2.18. The molecule has 2 aromatic heterocycles. The third-order valence-electron chi connectivity index (χ3n) is 3.18. The predicted molar refractivity (Wildman–Crippen MR) is 81.3 cm³/mol. The average molecular weight is 422 g/mol. The van der Waals surface area contributed by atoms with E-state index in [0.717, 1.165) is 15.2 Å². The molecule has 3 rings (SSSR count). The van der Waals surface area contributed by atoms with E-state index in [4.69, 9.17) is 0 Å². The molecule has 5 nitrogen and oxygen atoms in total. The number of phenolic OH excluding ortho intramolecular Hbond substituents is 1. The Hall–Kier alpha value is -1.78. The van der Waals surface area contributed by atoms with Crippen LogP contribution in [-0.4, -0.2) is 24.7 Å². The molecule has 22 heavy (non-hydrogen) atoms. The van der Waals surface area contributed by atoms with Crippen LogP contribution in [0.25, 0.3) is 10.9 Å². The summed E-state index contributed by atoms with van der Waals surface area (Å²) in [6, 6.07) is 6.03. The van der Waals surface area contributed by atoms with E-state index >= 15 is 0 Å². The molecule has 0 aliphatic heterocycles. The maximum absolute atomic E-state index is 12.5. The van der Waals surface area contributed by atoms with Gasteiger partial charge in [-0.05, 0) is 40.8 Å². The van der Waals surface area contributed by atoms with Gasteiger partial charge >= 0.3 is 6.18 Å². The van der Waals surface area contributed by atoms with Gasteiger partial charge in [0.2, 0.25) is 0 Å². The maximum Gasteiger partial charge on any atom is 0.435 e. The second-order valence-electron chi connectivity index (χ2n) is 4.65. The quantitative estimate of drug-likeness (QED) is 0.660. The van der Waals surface area contributed by atoms with E-state index in [1.165, 1.54) is 10.9 Å². The van der Waals surface area contributed by atoms with Gasteiger partial charge in [0.15, 0.2) is 5.69 Å². The molecule has 0 unspecified atom stereocenters. The molecule has 0 fully saturated rings. The monoisotopic (exact) mass is 422 g/mol. The van der Waals surface area contributed by atoms with Crippen LogP contribution >= 0.6 is 22.6 Å². The number of aryl methyl sites for hydroxylation is 2. The van der Waals surface area contributed by atoms with Gasteiger partial charge in [0, 0.05) is 11.6 Å². The molecule has 0 radical (unpaired) electrons. The number of hydrogen-bond acceptors (Lipinski definition) is 3. The van der Waals surface area contributed by atoms with Gasteiger partial charge in [0.25, 0.3) is 0 Å². The third kappa shape index (κ3) is 2.76. The van der Waals surface area contributed by atoms with Crippen molar-refractivity contribution in [1.29, 1.82) is 0 Å². The summed E-state index contributed by atoms with van der Waals surface area (Å²) in [7, 11) is 0. The molecule has 0 atom stereocenters. The molecular formula is C13H10F3IN4O. The Morgan fingerprint density at radius 2 is 1.91 bits per heavy atom. The summed E-state index contributed by atoms with van der Waals surface area (Å²) in [5.41, 5.74) is -0.356. The summed E-state index contributed by atoms with van der Waals surface area (Å²) in [4.78, 5) is 0. The molecule has 0 aliphatic carbocycles. The van der Waals surface area contributed by atoms with Crippen LogP contribution in [0, 0.1) is 3.70 Å². The van der Waals surface area contributed by atoms with E-state index in [1.54, 1.807) is 16.8 Å². The van der Waals surface area contributed by atoms with Crippen LogP contribution in [0.3, 0.4) is 0 Å². The van der Waals surface area contributed by atoms with Crippen LogP contribution in [0.4, 0.5) is 13.2 Å². The molecule has 0 saturated heterocycles. The summed E-state index contributed by atoms with van der Waals surface area (Å²) in [5.74, 6) is 0.0874. The number of para-hydroxylation sites is 1. The van der Waals surface area contributed by atoms with Gasteiger partial charge in [0.05, 0.1) is 13.1 Å². The largest absolute Gasteiger partial charge is 0.506 e. The second kappa shape index (κ2) is 5.45. The molecule has 116 valence electrons. The summed E-state index contributed by atoms with van der Waals surface area (Å²) in [5, 5.41) is 18.5. The van der Waals surface area contributed by atoms with Crippen LogP contribution in [0.2, 0.25) is 0 Å². The molecule has 1 N–H and O–H groups in total. The van der Waals surface area contributed by atoms with Crippen molar-refractivity contribution in [2.24, 2.45) is 0 Å². The molecule has 9 heteroatoms. The molecule has 0 saturated carbocycles. The highest BCUT2D eigenvalue weighted by atomic mass is 127. The van der Waals surface area contributed by atoms with E-state index in [1.807, 2.05) is 6.07 Å². The highest BCUT2D eigenvalue weighted by Crippen LogP contribution is 2.29. The molecule has 1 aromatic carbocycles. The lowest BCUT2D eigenvalue weighted by atomic mass is 10.2. The molecule has 0 bridgehead atoms. The minimum atomic E-state index is -4.45. The molecule has 0 aliphatic rings. The average Bonchev–Trinajstić information content (AvgIpc) is 3.02. The topological polar surface area (TPSA) is 55.9 Å². The number of phenols is 1. The molecule has 3 aromatic rings. The Labute approximate surface area is 136 Å². The minimum absolute atomic E-state index is 0.0874. The fourth-order valence-corrected chi connectivity index (χ4v) is 2.87. The SMILES string of the molecule is Oc1cccc2c(I)nn(CCn3ccc(C(F)(F)F)n3)c12. The van der Waals surface area contributed by atoms with Crippen molar-refractivity contribution in [3.8, 4) is 5.75 Å². The van der Waals surface area contributed by atoms with Gasteiger partial charge in [-0.15, -0.1) is 0 Å². The van der Waals surface area contributed by atoms with Crippen LogP contribution in [-0.2, 0) is 19.3 Å². The number of hydrogen-bond donors (Lipinski definition) is 1. The number of benzene rings is 1. The van der Waals surface area contributed by atoms with Crippen molar-refractivity contribution in [1.82, 2.24) is 19.6 Å². The van der Waals surface area contributed by atoms with Gasteiger partial charge in [-0.1, -0.05) is 6.07 Å².